The molecule has 0 fully saturated rings. The van der Waals surface area contributed by atoms with Crippen LogP contribution >= 0.6 is 0 Å². The van der Waals surface area contributed by atoms with Crippen molar-refractivity contribution in [3.63, 3.8) is 0 Å². The number of halogens is 1. The molecule has 1 aromatic rings. The maximum absolute atomic E-state index is 13.0. The second-order valence-corrected chi connectivity index (χ2v) is 2.24. The maximum atomic E-state index is 13.0. The summed E-state index contributed by atoms with van der Waals surface area (Å²) in [5, 5.41) is 0. The third kappa shape index (κ3) is 1.54. The zero-order valence-electron chi connectivity index (χ0n) is 7.30. The Balaban J connectivity index is 3.39. The summed E-state index contributed by atoms with van der Waals surface area (Å²) in [5.74, 6) is -0.322. The van der Waals surface area contributed by atoms with Gasteiger partial charge in [-0.15, -0.1) is 0 Å². The van der Waals surface area contributed by atoms with Crippen LogP contribution in [0.4, 0.5) is 10.1 Å². The lowest BCUT2D eigenvalue weighted by atomic mass is 10.2. The molecule has 0 bridgehead atoms. The van der Waals surface area contributed by atoms with Crippen LogP contribution in [0.5, 0.6) is 11.5 Å². The van der Waals surface area contributed by atoms with E-state index in [9.17, 15) is 4.39 Å². The zero-order chi connectivity index (χ0) is 9.84. The lowest BCUT2D eigenvalue weighted by Gasteiger charge is -2.07. The van der Waals surface area contributed by atoms with Gasteiger partial charge >= 0.3 is 0 Å². The molecule has 1 aromatic carbocycles. The molecule has 0 atom stereocenters. The van der Waals surface area contributed by atoms with Gasteiger partial charge in [-0.3, -0.25) is 0 Å². The van der Waals surface area contributed by atoms with Gasteiger partial charge in [0, 0.05) is 0 Å². The normalized spacial score (nSPS) is 9.08. The number of hydrogen-bond acceptors (Lipinski definition) is 2. The van der Waals surface area contributed by atoms with Crippen molar-refractivity contribution in [2.24, 2.45) is 0 Å². The summed E-state index contributed by atoms with van der Waals surface area (Å²) in [6, 6.07) is 2.59. The molecule has 0 spiro atoms. The van der Waals surface area contributed by atoms with Crippen molar-refractivity contribution in [2.75, 3.05) is 14.2 Å². The molecule has 0 N–H and O–H groups in total. The lowest BCUT2D eigenvalue weighted by Crippen LogP contribution is -1.91. The summed E-state index contributed by atoms with van der Waals surface area (Å²) in [7, 11) is 2.73. The van der Waals surface area contributed by atoms with Gasteiger partial charge < -0.3 is 9.47 Å². The second kappa shape index (κ2) is 3.76. The summed E-state index contributed by atoms with van der Waals surface area (Å²) in [4.78, 5) is 3.13. The standard InChI is InChI=1S/C9H8FNO2/c1-11-8-7(12-2)5-4-6(10)9(8)13-3/h4-5H,2-3H3. The Hall–Kier alpha value is -1.76. The van der Waals surface area contributed by atoms with Crippen LogP contribution in [-0.4, -0.2) is 14.2 Å². The van der Waals surface area contributed by atoms with Gasteiger partial charge in [-0.1, -0.05) is 0 Å². The van der Waals surface area contributed by atoms with Gasteiger partial charge in [-0.2, -0.15) is 0 Å². The molecule has 3 nitrogen and oxygen atoms in total. The third-order valence-electron chi connectivity index (χ3n) is 1.58. The lowest BCUT2D eigenvalue weighted by molar-refractivity contribution is 0.378. The molecule has 0 amide bonds. The molecule has 13 heavy (non-hydrogen) atoms. The maximum Gasteiger partial charge on any atom is 0.271 e. The Morgan fingerprint density at radius 3 is 2.46 bits per heavy atom. The highest BCUT2D eigenvalue weighted by Gasteiger charge is 2.14. The van der Waals surface area contributed by atoms with Gasteiger partial charge in [0.15, 0.2) is 11.6 Å². The highest BCUT2D eigenvalue weighted by atomic mass is 19.1. The van der Waals surface area contributed by atoms with E-state index < -0.39 is 5.82 Å². The Labute approximate surface area is 75.5 Å². The van der Waals surface area contributed by atoms with Crippen LogP contribution in [0.2, 0.25) is 0 Å². The quantitative estimate of drug-likeness (QED) is 0.654. The number of hydrogen-bond donors (Lipinski definition) is 0. The minimum Gasteiger partial charge on any atom is -0.508 e. The highest BCUT2D eigenvalue weighted by molar-refractivity contribution is 5.67. The first-order valence-corrected chi connectivity index (χ1v) is 3.52. The number of nitrogens with zero attached hydrogens (tertiary/aromatic N) is 1. The Kier molecular flexibility index (Phi) is 2.70. The van der Waals surface area contributed by atoms with Crippen molar-refractivity contribution in [1.29, 1.82) is 0 Å². The molecule has 4 heteroatoms. The average molecular weight is 181 g/mol. The molecule has 0 heterocycles. The van der Waals surface area contributed by atoms with Crippen molar-refractivity contribution in [3.05, 3.63) is 29.4 Å². The van der Waals surface area contributed by atoms with Gasteiger partial charge in [0.25, 0.3) is 5.69 Å². The van der Waals surface area contributed by atoms with E-state index in [1.165, 1.54) is 26.4 Å². The Morgan fingerprint density at radius 1 is 1.31 bits per heavy atom. The van der Waals surface area contributed by atoms with Gasteiger partial charge in [0.1, 0.15) is 5.75 Å². The first-order valence-electron chi connectivity index (χ1n) is 3.52. The minimum atomic E-state index is -0.561. The van der Waals surface area contributed by atoms with Crippen LogP contribution in [0.25, 0.3) is 4.85 Å². The monoisotopic (exact) mass is 181 g/mol. The summed E-state index contributed by atoms with van der Waals surface area (Å²) in [6.07, 6.45) is 0. The van der Waals surface area contributed by atoms with E-state index in [4.69, 9.17) is 16.0 Å². The molecule has 0 saturated heterocycles. The number of methoxy groups -OCH3 is 2. The first-order chi connectivity index (χ1) is 6.24. The molecule has 0 saturated carbocycles. The predicted molar refractivity (Wildman–Crippen MR) is 45.8 cm³/mol. The van der Waals surface area contributed by atoms with E-state index in [-0.39, 0.29) is 11.4 Å². The molecule has 0 unspecified atom stereocenters. The Morgan fingerprint density at radius 2 is 2.00 bits per heavy atom. The number of ether oxygens (including phenoxy) is 2. The summed E-state index contributed by atoms with van der Waals surface area (Å²) >= 11 is 0. The largest absolute Gasteiger partial charge is 0.508 e. The van der Waals surface area contributed by atoms with Gasteiger partial charge in [0.2, 0.25) is 0 Å². The van der Waals surface area contributed by atoms with Crippen molar-refractivity contribution in [2.45, 2.75) is 0 Å². The van der Waals surface area contributed by atoms with E-state index in [1.54, 1.807) is 0 Å². The molecule has 0 aliphatic rings. The zero-order valence-corrected chi connectivity index (χ0v) is 7.30. The molecule has 0 aliphatic carbocycles. The third-order valence-corrected chi connectivity index (χ3v) is 1.58. The Bertz CT molecular complexity index is 357. The van der Waals surface area contributed by atoms with Crippen LogP contribution in [0.15, 0.2) is 12.1 Å². The van der Waals surface area contributed by atoms with Crippen LogP contribution in [0, 0.1) is 12.4 Å². The van der Waals surface area contributed by atoms with E-state index in [1.807, 2.05) is 0 Å². The SMILES string of the molecule is [C-]#[N+]c1c(OC)ccc(F)c1OC. The van der Waals surface area contributed by atoms with Gasteiger partial charge in [-0.05, 0) is 12.1 Å². The average Bonchev–Trinajstić information content (AvgIpc) is 2.17. The van der Waals surface area contributed by atoms with E-state index >= 15 is 0 Å². The van der Waals surface area contributed by atoms with E-state index in [2.05, 4.69) is 4.85 Å². The summed E-state index contributed by atoms with van der Waals surface area (Å²) in [5.41, 5.74) is 0.0602. The molecule has 0 aliphatic heterocycles. The molecule has 1 rings (SSSR count). The topological polar surface area (TPSA) is 22.8 Å². The van der Waals surface area contributed by atoms with E-state index in [0.29, 0.717) is 5.75 Å². The van der Waals surface area contributed by atoms with Crippen molar-refractivity contribution < 1.29 is 13.9 Å². The fourth-order valence-corrected chi connectivity index (χ4v) is 0.993. The summed E-state index contributed by atoms with van der Waals surface area (Å²) < 4.78 is 22.6. The smallest absolute Gasteiger partial charge is 0.271 e. The van der Waals surface area contributed by atoms with Gasteiger partial charge in [0.05, 0.1) is 20.8 Å². The molecular formula is C9H8FNO2. The van der Waals surface area contributed by atoms with E-state index in [0.717, 1.165) is 0 Å². The molecule has 68 valence electrons. The van der Waals surface area contributed by atoms with Crippen molar-refractivity contribution in [1.82, 2.24) is 0 Å². The van der Waals surface area contributed by atoms with Crippen LogP contribution in [0.3, 0.4) is 0 Å². The number of rotatable bonds is 2. The predicted octanol–water partition coefficient (Wildman–Crippen LogP) is 2.39. The highest BCUT2D eigenvalue weighted by Crippen LogP contribution is 2.38. The van der Waals surface area contributed by atoms with Crippen LogP contribution < -0.4 is 9.47 Å². The van der Waals surface area contributed by atoms with Crippen LogP contribution in [0.1, 0.15) is 0 Å². The molecule has 0 radical (unpaired) electrons. The first kappa shape index (κ1) is 9.33. The number of benzene rings is 1. The minimum absolute atomic E-state index is 0.0602. The molecule has 0 aromatic heterocycles. The summed E-state index contributed by atoms with van der Waals surface area (Å²) in [6.45, 7) is 6.83. The van der Waals surface area contributed by atoms with Crippen molar-refractivity contribution >= 4 is 5.69 Å². The van der Waals surface area contributed by atoms with Crippen LogP contribution in [-0.2, 0) is 0 Å². The fraction of sp³-hybridized carbons (Fsp3) is 0.222. The molecular weight excluding hydrogens is 173 g/mol. The fourth-order valence-electron chi connectivity index (χ4n) is 0.993. The van der Waals surface area contributed by atoms with Gasteiger partial charge in [-0.25, -0.2) is 9.24 Å². The van der Waals surface area contributed by atoms with Crippen molar-refractivity contribution in [3.8, 4) is 11.5 Å². The second-order valence-electron chi connectivity index (χ2n) is 2.24.